The predicted molar refractivity (Wildman–Crippen MR) is 76.8 cm³/mol. The maximum absolute atomic E-state index is 12.0. The molecule has 4 nitrogen and oxygen atoms in total. The molecular weight excluding hydrogens is 264 g/mol. The summed E-state index contributed by atoms with van der Waals surface area (Å²) in [6, 6.07) is 5.24. The van der Waals surface area contributed by atoms with Gasteiger partial charge in [-0.2, -0.15) is 0 Å². The van der Waals surface area contributed by atoms with Crippen molar-refractivity contribution in [2.45, 2.75) is 19.3 Å². The molecule has 1 aliphatic heterocycles. The summed E-state index contributed by atoms with van der Waals surface area (Å²) in [4.78, 5) is 12.0. The normalized spacial score (nSPS) is 18.9. The number of rotatable bonds is 4. The molecule has 1 heterocycles. The average Bonchev–Trinajstić information content (AvgIpc) is 2.42. The van der Waals surface area contributed by atoms with Gasteiger partial charge < -0.3 is 15.4 Å². The van der Waals surface area contributed by atoms with Crippen LogP contribution in [0.1, 0.15) is 19.3 Å². The molecule has 0 aliphatic carbocycles. The summed E-state index contributed by atoms with van der Waals surface area (Å²) < 4.78 is 5.12. The fraction of sp³-hybridized carbons (Fsp3) is 0.500. The van der Waals surface area contributed by atoms with Crippen molar-refractivity contribution in [1.82, 2.24) is 5.32 Å². The van der Waals surface area contributed by atoms with Crippen molar-refractivity contribution in [2.75, 3.05) is 25.5 Å². The Bertz CT molecular complexity index is 445. The summed E-state index contributed by atoms with van der Waals surface area (Å²) in [7, 11) is 1.56. The van der Waals surface area contributed by atoms with Crippen LogP contribution in [0.25, 0.3) is 0 Å². The molecule has 5 heteroatoms. The largest absolute Gasteiger partial charge is 0.495 e. The van der Waals surface area contributed by atoms with Crippen molar-refractivity contribution in [1.29, 1.82) is 0 Å². The van der Waals surface area contributed by atoms with Gasteiger partial charge in [0.2, 0.25) is 5.91 Å². The van der Waals surface area contributed by atoms with E-state index < -0.39 is 0 Å². The zero-order valence-corrected chi connectivity index (χ0v) is 11.8. The van der Waals surface area contributed by atoms with Crippen LogP contribution in [0.5, 0.6) is 5.75 Å². The highest BCUT2D eigenvalue weighted by Crippen LogP contribution is 2.27. The Hall–Kier alpha value is -1.26. The molecule has 0 bridgehead atoms. The predicted octanol–water partition coefficient (Wildman–Crippen LogP) is 2.68. The van der Waals surface area contributed by atoms with Gasteiger partial charge in [0.05, 0.1) is 12.1 Å². The van der Waals surface area contributed by atoms with Crippen LogP contribution in [0.15, 0.2) is 18.2 Å². The number of hydrogen-bond donors (Lipinski definition) is 2. The van der Waals surface area contributed by atoms with E-state index in [1.165, 1.54) is 0 Å². The van der Waals surface area contributed by atoms with Gasteiger partial charge in [0, 0.05) is 18.2 Å². The Kier molecular flexibility index (Phi) is 5.05. The molecule has 1 atom stereocenters. The van der Waals surface area contributed by atoms with Crippen LogP contribution in [0.3, 0.4) is 0 Å². The van der Waals surface area contributed by atoms with Crippen molar-refractivity contribution < 1.29 is 9.53 Å². The van der Waals surface area contributed by atoms with Crippen molar-refractivity contribution in [3.05, 3.63) is 23.2 Å². The Labute approximate surface area is 118 Å². The number of anilines is 1. The monoisotopic (exact) mass is 282 g/mol. The van der Waals surface area contributed by atoms with Gasteiger partial charge in [0.25, 0.3) is 0 Å². The summed E-state index contributed by atoms with van der Waals surface area (Å²) in [5.74, 6) is 1.04. The number of amides is 1. The highest BCUT2D eigenvalue weighted by molar-refractivity contribution is 6.32. The van der Waals surface area contributed by atoms with Gasteiger partial charge in [0.15, 0.2) is 0 Å². The number of nitrogens with one attached hydrogen (secondary N) is 2. The lowest BCUT2D eigenvalue weighted by molar-refractivity contribution is -0.117. The number of piperidine rings is 1. The molecule has 1 fully saturated rings. The topological polar surface area (TPSA) is 50.4 Å². The molecule has 0 saturated carbocycles. The summed E-state index contributed by atoms with van der Waals surface area (Å²) >= 11 is 5.94. The van der Waals surface area contributed by atoms with E-state index in [1.54, 1.807) is 25.3 Å². The molecule has 1 aliphatic rings. The fourth-order valence-corrected chi connectivity index (χ4v) is 2.50. The van der Waals surface area contributed by atoms with Crippen LogP contribution in [0.4, 0.5) is 5.69 Å². The molecule has 1 saturated heterocycles. The molecular formula is C14H19ClN2O2. The smallest absolute Gasteiger partial charge is 0.224 e. The second kappa shape index (κ2) is 6.78. The van der Waals surface area contributed by atoms with Gasteiger partial charge in [0.1, 0.15) is 5.75 Å². The molecule has 0 aromatic heterocycles. The summed E-state index contributed by atoms with van der Waals surface area (Å²) in [5.41, 5.74) is 0.718. The second-order valence-corrected chi connectivity index (χ2v) is 5.22. The fourth-order valence-electron chi connectivity index (χ4n) is 2.31. The van der Waals surface area contributed by atoms with Crippen molar-refractivity contribution in [3.8, 4) is 5.75 Å². The van der Waals surface area contributed by atoms with Crippen LogP contribution in [-0.2, 0) is 4.79 Å². The van der Waals surface area contributed by atoms with Gasteiger partial charge in [-0.3, -0.25) is 4.79 Å². The van der Waals surface area contributed by atoms with E-state index in [-0.39, 0.29) is 5.91 Å². The third-order valence-electron chi connectivity index (χ3n) is 3.31. The first-order valence-electron chi connectivity index (χ1n) is 6.53. The van der Waals surface area contributed by atoms with E-state index in [0.717, 1.165) is 31.6 Å². The third kappa shape index (κ3) is 4.11. The lowest BCUT2D eigenvalue weighted by Gasteiger charge is -2.22. The quantitative estimate of drug-likeness (QED) is 0.893. The molecule has 2 rings (SSSR count). The van der Waals surface area contributed by atoms with E-state index in [1.807, 2.05) is 0 Å². The van der Waals surface area contributed by atoms with Gasteiger partial charge in [-0.1, -0.05) is 11.6 Å². The van der Waals surface area contributed by atoms with E-state index in [0.29, 0.717) is 23.1 Å². The summed E-state index contributed by atoms with van der Waals surface area (Å²) in [5, 5.41) is 6.74. The molecule has 1 aromatic rings. The zero-order valence-electron chi connectivity index (χ0n) is 11.0. The molecule has 1 amide bonds. The standard InChI is InChI=1S/C14H19ClN2O2/c1-19-13-8-11(4-5-12(13)15)17-14(18)7-10-3-2-6-16-9-10/h4-5,8,10,16H,2-3,6-7,9H2,1H3,(H,17,18). The molecule has 0 spiro atoms. The lowest BCUT2D eigenvalue weighted by atomic mass is 9.96. The van der Waals surface area contributed by atoms with Crippen LogP contribution >= 0.6 is 11.6 Å². The number of hydrogen-bond acceptors (Lipinski definition) is 3. The number of benzene rings is 1. The highest BCUT2D eigenvalue weighted by atomic mass is 35.5. The molecule has 0 radical (unpaired) electrons. The Morgan fingerprint density at radius 1 is 1.58 bits per heavy atom. The van der Waals surface area contributed by atoms with E-state index in [4.69, 9.17) is 16.3 Å². The van der Waals surface area contributed by atoms with Gasteiger partial charge in [-0.15, -0.1) is 0 Å². The summed E-state index contributed by atoms with van der Waals surface area (Å²) in [6.45, 7) is 1.99. The first-order valence-corrected chi connectivity index (χ1v) is 6.91. The van der Waals surface area contributed by atoms with E-state index >= 15 is 0 Å². The SMILES string of the molecule is COc1cc(NC(=O)CC2CCCNC2)ccc1Cl. The average molecular weight is 283 g/mol. The molecule has 1 aromatic carbocycles. The number of halogens is 1. The van der Waals surface area contributed by atoms with Crippen LogP contribution < -0.4 is 15.4 Å². The molecule has 104 valence electrons. The van der Waals surface area contributed by atoms with Crippen molar-refractivity contribution >= 4 is 23.2 Å². The minimum atomic E-state index is 0.0399. The molecule has 19 heavy (non-hydrogen) atoms. The third-order valence-corrected chi connectivity index (χ3v) is 3.62. The first kappa shape index (κ1) is 14.2. The minimum Gasteiger partial charge on any atom is -0.495 e. The second-order valence-electron chi connectivity index (χ2n) is 4.81. The molecule has 1 unspecified atom stereocenters. The minimum absolute atomic E-state index is 0.0399. The Morgan fingerprint density at radius 2 is 2.42 bits per heavy atom. The zero-order chi connectivity index (χ0) is 13.7. The van der Waals surface area contributed by atoms with Gasteiger partial charge >= 0.3 is 0 Å². The van der Waals surface area contributed by atoms with Gasteiger partial charge in [-0.05, 0) is 44.0 Å². The maximum Gasteiger partial charge on any atom is 0.224 e. The van der Waals surface area contributed by atoms with Crippen LogP contribution in [0.2, 0.25) is 5.02 Å². The number of ether oxygens (including phenoxy) is 1. The highest BCUT2D eigenvalue weighted by Gasteiger charge is 2.17. The Balaban J connectivity index is 1.90. The number of methoxy groups -OCH3 is 1. The number of carbonyl (C=O) groups is 1. The van der Waals surface area contributed by atoms with E-state index in [2.05, 4.69) is 10.6 Å². The van der Waals surface area contributed by atoms with Crippen molar-refractivity contribution in [3.63, 3.8) is 0 Å². The van der Waals surface area contributed by atoms with Crippen LogP contribution in [-0.4, -0.2) is 26.1 Å². The lowest BCUT2D eigenvalue weighted by Crippen LogP contribution is -2.32. The molecule has 2 N–H and O–H groups in total. The first-order chi connectivity index (χ1) is 9.19. The van der Waals surface area contributed by atoms with Crippen LogP contribution in [0, 0.1) is 5.92 Å². The maximum atomic E-state index is 12.0. The van der Waals surface area contributed by atoms with Crippen molar-refractivity contribution in [2.24, 2.45) is 5.92 Å². The van der Waals surface area contributed by atoms with Gasteiger partial charge in [-0.25, -0.2) is 0 Å². The number of carbonyl (C=O) groups excluding carboxylic acids is 1. The summed E-state index contributed by atoms with van der Waals surface area (Å²) in [6.07, 6.45) is 2.81. The van der Waals surface area contributed by atoms with E-state index in [9.17, 15) is 4.79 Å². The Morgan fingerprint density at radius 3 is 3.11 bits per heavy atom.